The molecule has 0 aliphatic heterocycles. The molecule has 1 N–H and O–H groups in total. The minimum absolute atomic E-state index is 0.291. The zero-order valence-corrected chi connectivity index (χ0v) is 10.1. The number of rotatable bonds is 3. The van der Waals surface area contributed by atoms with E-state index in [1.54, 1.807) is 6.92 Å². The molecule has 100 valence electrons. The van der Waals surface area contributed by atoms with Gasteiger partial charge in [-0.3, -0.25) is 0 Å². The second-order valence-corrected chi connectivity index (χ2v) is 3.74. The van der Waals surface area contributed by atoms with Crippen LogP contribution >= 0.6 is 0 Å². The van der Waals surface area contributed by atoms with Crippen molar-refractivity contribution < 1.29 is 13.2 Å². The molecule has 2 heterocycles. The maximum Gasteiger partial charge on any atom is 0.435 e. The Bertz CT molecular complexity index is 634. The van der Waals surface area contributed by atoms with Gasteiger partial charge in [-0.1, -0.05) is 0 Å². The van der Waals surface area contributed by atoms with Gasteiger partial charge >= 0.3 is 6.18 Å². The molecule has 0 bridgehead atoms. The summed E-state index contributed by atoms with van der Waals surface area (Å²) in [5, 5.41) is 6.42. The van der Waals surface area contributed by atoms with Crippen molar-refractivity contribution in [1.29, 1.82) is 0 Å². The Morgan fingerprint density at radius 3 is 2.89 bits per heavy atom. The van der Waals surface area contributed by atoms with Crippen LogP contribution in [0, 0.1) is 11.8 Å². The van der Waals surface area contributed by atoms with Crippen LogP contribution in [0.4, 0.5) is 19.0 Å². The van der Waals surface area contributed by atoms with E-state index in [2.05, 4.69) is 27.2 Å². The van der Waals surface area contributed by atoms with Crippen LogP contribution in [0.3, 0.4) is 0 Å². The molecule has 2 aromatic heterocycles. The summed E-state index contributed by atoms with van der Waals surface area (Å²) in [5.41, 5.74) is -0.642. The minimum atomic E-state index is -4.46. The van der Waals surface area contributed by atoms with E-state index in [1.165, 1.54) is 12.4 Å². The van der Waals surface area contributed by atoms with Crippen LogP contribution in [-0.4, -0.2) is 21.1 Å². The average Bonchev–Trinajstić information content (AvgIpc) is 2.79. The predicted octanol–water partition coefficient (Wildman–Crippen LogP) is 2.57. The summed E-state index contributed by atoms with van der Waals surface area (Å²) in [6.07, 6.45) is -1.09. The summed E-state index contributed by atoms with van der Waals surface area (Å²) in [5.74, 6) is 5.96. The van der Waals surface area contributed by atoms with Crippen LogP contribution in [0.25, 0.3) is 5.52 Å². The number of hydrogen-bond donors (Lipinski definition) is 1. The number of nitrogens with one attached hydrogen (secondary N) is 1. The van der Waals surface area contributed by atoms with E-state index in [0.717, 1.165) is 10.6 Å². The fraction of sp³-hybridized carbons (Fsp3) is 0.333. The highest BCUT2D eigenvalue weighted by molar-refractivity contribution is 5.67. The number of fused-ring (bicyclic) bond motifs is 1. The monoisotopic (exact) mass is 268 g/mol. The Labute approximate surface area is 107 Å². The highest BCUT2D eigenvalue weighted by atomic mass is 19.4. The van der Waals surface area contributed by atoms with Gasteiger partial charge in [0, 0.05) is 31.4 Å². The molecule has 0 radical (unpaired) electrons. The highest BCUT2D eigenvalue weighted by Crippen LogP contribution is 2.29. The van der Waals surface area contributed by atoms with Gasteiger partial charge in [-0.05, 0) is 6.92 Å². The minimum Gasteiger partial charge on any atom is -0.367 e. The number of nitrogens with zero attached hydrogens (tertiary/aromatic N) is 3. The molecule has 2 rings (SSSR count). The van der Waals surface area contributed by atoms with Crippen LogP contribution in [0.2, 0.25) is 0 Å². The van der Waals surface area contributed by atoms with E-state index >= 15 is 0 Å². The molecule has 19 heavy (non-hydrogen) atoms. The fourth-order valence-corrected chi connectivity index (χ4v) is 1.57. The number of alkyl halides is 3. The second kappa shape index (κ2) is 5.18. The molecule has 0 atom stereocenters. The zero-order chi connectivity index (χ0) is 13.9. The van der Waals surface area contributed by atoms with Crippen molar-refractivity contribution in [3.05, 3.63) is 24.2 Å². The third kappa shape index (κ3) is 2.96. The topological polar surface area (TPSA) is 42.2 Å². The van der Waals surface area contributed by atoms with Crippen molar-refractivity contribution in [3.63, 3.8) is 0 Å². The maximum atomic E-state index is 12.6. The predicted molar refractivity (Wildman–Crippen MR) is 64.5 cm³/mol. The molecule has 2 aromatic rings. The number of aromatic nitrogens is 3. The maximum absolute atomic E-state index is 12.6. The van der Waals surface area contributed by atoms with Crippen molar-refractivity contribution in [2.45, 2.75) is 19.5 Å². The molecule has 0 aliphatic rings. The van der Waals surface area contributed by atoms with Crippen LogP contribution in [0.5, 0.6) is 0 Å². The molecule has 0 unspecified atom stereocenters. The molecular weight excluding hydrogens is 257 g/mol. The number of halogens is 3. The number of anilines is 1. The third-order valence-corrected chi connectivity index (χ3v) is 2.40. The van der Waals surface area contributed by atoms with Gasteiger partial charge in [-0.15, -0.1) is 11.8 Å². The van der Waals surface area contributed by atoms with Crippen molar-refractivity contribution in [2.24, 2.45) is 0 Å². The van der Waals surface area contributed by atoms with E-state index in [9.17, 15) is 13.2 Å². The third-order valence-electron chi connectivity index (χ3n) is 2.40. The zero-order valence-electron chi connectivity index (χ0n) is 10.1. The molecule has 0 saturated heterocycles. The van der Waals surface area contributed by atoms with E-state index in [0.29, 0.717) is 24.3 Å². The molecule has 7 heteroatoms. The highest BCUT2D eigenvalue weighted by Gasteiger charge is 2.34. The molecule has 0 aromatic carbocycles. The van der Waals surface area contributed by atoms with E-state index in [-0.39, 0.29) is 0 Å². The molecule has 0 fully saturated rings. The summed E-state index contributed by atoms with van der Waals surface area (Å²) < 4.78 is 38.9. The molecular formula is C12H11F3N4. The quantitative estimate of drug-likeness (QED) is 0.687. The molecule has 0 amide bonds. The van der Waals surface area contributed by atoms with Gasteiger partial charge in [0.1, 0.15) is 5.52 Å². The van der Waals surface area contributed by atoms with Gasteiger partial charge in [-0.25, -0.2) is 9.50 Å². The van der Waals surface area contributed by atoms with Gasteiger partial charge in [0.2, 0.25) is 0 Å². The average molecular weight is 268 g/mol. The van der Waals surface area contributed by atoms with Crippen LogP contribution < -0.4 is 5.32 Å². The lowest BCUT2D eigenvalue weighted by atomic mass is 10.3. The lowest BCUT2D eigenvalue weighted by Gasteiger charge is -2.04. The SMILES string of the molecule is CC#CCCNc1nccn2nc(C(F)(F)F)cc12. The summed E-state index contributed by atoms with van der Waals surface area (Å²) >= 11 is 0. The number of hydrogen-bond acceptors (Lipinski definition) is 3. The van der Waals surface area contributed by atoms with Gasteiger partial charge < -0.3 is 5.32 Å². The van der Waals surface area contributed by atoms with Crippen LogP contribution in [0.1, 0.15) is 19.0 Å². The normalized spacial score (nSPS) is 11.2. The van der Waals surface area contributed by atoms with Crippen molar-refractivity contribution in [1.82, 2.24) is 14.6 Å². The molecule has 0 saturated carbocycles. The van der Waals surface area contributed by atoms with Gasteiger partial charge in [0.05, 0.1) is 0 Å². The fourth-order valence-electron chi connectivity index (χ4n) is 1.57. The second-order valence-electron chi connectivity index (χ2n) is 3.74. The lowest BCUT2D eigenvalue weighted by molar-refractivity contribution is -0.141. The smallest absolute Gasteiger partial charge is 0.367 e. The Kier molecular flexibility index (Phi) is 3.60. The van der Waals surface area contributed by atoms with Crippen molar-refractivity contribution in [3.8, 4) is 11.8 Å². The van der Waals surface area contributed by atoms with Crippen molar-refractivity contribution in [2.75, 3.05) is 11.9 Å². The Balaban J connectivity index is 2.28. The largest absolute Gasteiger partial charge is 0.435 e. The van der Waals surface area contributed by atoms with E-state index < -0.39 is 11.9 Å². The summed E-state index contributed by atoms with van der Waals surface area (Å²) in [4.78, 5) is 4.01. The molecule has 0 aliphatic carbocycles. The Morgan fingerprint density at radius 1 is 1.42 bits per heavy atom. The Hall–Kier alpha value is -2.23. The first kappa shape index (κ1) is 13.2. The van der Waals surface area contributed by atoms with E-state index in [4.69, 9.17) is 0 Å². The van der Waals surface area contributed by atoms with Crippen LogP contribution in [-0.2, 0) is 6.18 Å². The standard InChI is InChI=1S/C12H11F3N4/c1-2-3-4-5-16-11-9-8-10(12(13,14)15)18-19(9)7-6-17-11/h6-8H,4-5H2,1H3,(H,16,17). The summed E-state index contributed by atoms with van der Waals surface area (Å²) in [7, 11) is 0. The molecule has 0 spiro atoms. The van der Waals surface area contributed by atoms with Gasteiger partial charge in [0.15, 0.2) is 11.5 Å². The van der Waals surface area contributed by atoms with Gasteiger partial charge in [-0.2, -0.15) is 18.3 Å². The van der Waals surface area contributed by atoms with Crippen LogP contribution in [0.15, 0.2) is 18.5 Å². The lowest BCUT2D eigenvalue weighted by Crippen LogP contribution is -2.05. The molecule has 4 nitrogen and oxygen atoms in total. The first-order chi connectivity index (χ1) is 9.02. The summed E-state index contributed by atoms with van der Waals surface area (Å²) in [6, 6.07) is 0.973. The van der Waals surface area contributed by atoms with Crippen molar-refractivity contribution >= 4 is 11.3 Å². The first-order valence-corrected chi connectivity index (χ1v) is 5.57. The first-order valence-electron chi connectivity index (χ1n) is 5.57. The Morgan fingerprint density at radius 2 is 2.21 bits per heavy atom. The van der Waals surface area contributed by atoms with E-state index in [1.807, 2.05) is 0 Å². The summed E-state index contributed by atoms with van der Waals surface area (Å²) in [6.45, 7) is 2.24. The van der Waals surface area contributed by atoms with Gasteiger partial charge in [0.25, 0.3) is 0 Å².